The molecule has 0 amide bonds. The first-order valence-corrected chi connectivity index (χ1v) is 6.36. The highest BCUT2D eigenvalue weighted by Crippen LogP contribution is 2.41. The van der Waals surface area contributed by atoms with Crippen molar-refractivity contribution in [2.24, 2.45) is 0 Å². The molecular weight excluding hydrogens is 265 g/mol. The van der Waals surface area contributed by atoms with Gasteiger partial charge in [-0.3, -0.25) is 0 Å². The van der Waals surface area contributed by atoms with Gasteiger partial charge in [0, 0.05) is 6.92 Å². The Balaban J connectivity index is 3.03. The maximum absolute atomic E-state index is 13.9. The number of alkyl halides is 2. The van der Waals surface area contributed by atoms with Crippen LogP contribution < -0.4 is 0 Å². The quantitative estimate of drug-likeness (QED) is 0.772. The van der Waals surface area contributed by atoms with Gasteiger partial charge in [-0.25, -0.2) is 13.2 Å². The van der Waals surface area contributed by atoms with E-state index in [0.717, 1.165) is 6.07 Å². The third-order valence-corrected chi connectivity index (χ3v) is 3.30. The minimum absolute atomic E-state index is 0.0144. The maximum Gasteiger partial charge on any atom is 0.273 e. The van der Waals surface area contributed by atoms with Gasteiger partial charge in [-0.2, -0.15) is 0 Å². The van der Waals surface area contributed by atoms with E-state index in [9.17, 15) is 18.3 Å². The normalized spacial score (nSPS) is 12.9. The zero-order valence-electron chi connectivity index (χ0n) is 11.9. The van der Waals surface area contributed by atoms with Crippen molar-refractivity contribution in [1.82, 2.24) is 0 Å². The molecule has 0 heterocycles. The highest BCUT2D eigenvalue weighted by Gasteiger charge is 2.33. The Labute approximate surface area is 116 Å². The molecule has 0 saturated heterocycles. The molecule has 20 heavy (non-hydrogen) atoms. The number of phenolic OH excluding ortho intramolecular Hbond substituents is 1. The molecule has 2 rings (SSSR count). The molecule has 0 aliphatic heterocycles. The Kier molecular flexibility index (Phi) is 3.23. The van der Waals surface area contributed by atoms with Gasteiger partial charge in [-0.1, -0.05) is 26.8 Å². The van der Waals surface area contributed by atoms with Gasteiger partial charge >= 0.3 is 0 Å². The van der Waals surface area contributed by atoms with Crippen molar-refractivity contribution in [1.29, 1.82) is 0 Å². The monoisotopic (exact) mass is 282 g/mol. The van der Waals surface area contributed by atoms with Gasteiger partial charge in [0.05, 0.1) is 5.56 Å². The molecule has 108 valence electrons. The predicted octanol–water partition coefficient (Wildman–Crippen LogP) is 5.09. The van der Waals surface area contributed by atoms with Gasteiger partial charge in [0.25, 0.3) is 5.92 Å². The lowest BCUT2D eigenvalue weighted by molar-refractivity contribution is 0.0154. The molecule has 1 N–H and O–H groups in total. The van der Waals surface area contributed by atoms with Crippen molar-refractivity contribution < 1.29 is 18.3 Å². The molecule has 0 unspecified atom stereocenters. The van der Waals surface area contributed by atoms with E-state index >= 15 is 0 Å². The minimum atomic E-state index is -3.29. The topological polar surface area (TPSA) is 20.2 Å². The van der Waals surface area contributed by atoms with E-state index < -0.39 is 22.7 Å². The zero-order valence-corrected chi connectivity index (χ0v) is 11.9. The van der Waals surface area contributed by atoms with Crippen LogP contribution in [0.5, 0.6) is 5.75 Å². The van der Waals surface area contributed by atoms with E-state index in [1.54, 1.807) is 0 Å². The molecule has 1 nitrogen and oxygen atoms in total. The summed E-state index contributed by atoms with van der Waals surface area (Å²) >= 11 is 0. The van der Waals surface area contributed by atoms with Crippen LogP contribution in [0.1, 0.15) is 38.8 Å². The fourth-order valence-electron chi connectivity index (χ4n) is 2.45. The zero-order chi connectivity index (χ0) is 15.3. The van der Waals surface area contributed by atoms with Gasteiger partial charge in [0.1, 0.15) is 11.6 Å². The van der Waals surface area contributed by atoms with E-state index in [4.69, 9.17) is 0 Å². The molecule has 2 aromatic rings. The van der Waals surface area contributed by atoms with E-state index in [2.05, 4.69) is 0 Å². The Morgan fingerprint density at radius 2 is 1.60 bits per heavy atom. The van der Waals surface area contributed by atoms with Gasteiger partial charge in [0.15, 0.2) is 0 Å². The van der Waals surface area contributed by atoms with Crippen LogP contribution in [-0.4, -0.2) is 5.11 Å². The second kappa shape index (κ2) is 4.40. The van der Waals surface area contributed by atoms with Crippen LogP contribution >= 0.6 is 0 Å². The molecule has 0 aliphatic rings. The number of hydrogen-bond donors (Lipinski definition) is 1. The van der Waals surface area contributed by atoms with Gasteiger partial charge in [0.2, 0.25) is 0 Å². The summed E-state index contributed by atoms with van der Waals surface area (Å²) in [5.41, 5.74) is -0.603. The predicted molar refractivity (Wildman–Crippen MR) is 73.8 cm³/mol. The van der Waals surface area contributed by atoms with Crippen LogP contribution in [0.3, 0.4) is 0 Å². The largest absolute Gasteiger partial charge is 0.508 e. The third-order valence-electron chi connectivity index (χ3n) is 3.30. The van der Waals surface area contributed by atoms with Gasteiger partial charge in [-0.15, -0.1) is 0 Å². The van der Waals surface area contributed by atoms with Crippen LogP contribution in [0.15, 0.2) is 24.3 Å². The first-order chi connectivity index (χ1) is 9.01. The van der Waals surface area contributed by atoms with Crippen molar-refractivity contribution in [2.45, 2.75) is 39.0 Å². The maximum atomic E-state index is 13.9. The second-order valence-corrected chi connectivity index (χ2v) is 6.15. The molecule has 0 aliphatic carbocycles. The molecular formula is C16H17F3O. The molecule has 0 aromatic heterocycles. The molecule has 0 saturated carbocycles. The van der Waals surface area contributed by atoms with Crippen molar-refractivity contribution in [2.75, 3.05) is 0 Å². The number of hydrogen-bond acceptors (Lipinski definition) is 1. The first-order valence-electron chi connectivity index (χ1n) is 6.36. The molecule has 0 radical (unpaired) electrons. The second-order valence-electron chi connectivity index (χ2n) is 6.15. The van der Waals surface area contributed by atoms with Crippen LogP contribution in [0.2, 0.25) is 0 Å². The van der Waals surface area contributed by atoms with E-state index in [1.807, 2.05) is 20.8 Å². The van der Waals surface area contributed by atoms with Crippen LogP contribution in [0.25, 0.3) is 10.8 Å². The van der Waals surface area contributed by atoms with Crippen molar-refractivity contribution in [3.63, 3.8) is 0 Å². The molecule has 0 fully saturated rings. The van der Waals surface area contributed by atoms with Crippen molar-refractivity contribution >= 4 is 10.8 Å². The Bertz CT molecular complexity index is 664. The Morgan fingerprint density at radius 1 is 1.00 bits per heavy atom. The number of halogens is 3. The van der Waals surface area contributed by atoms with Gasteiger partial charge in [-0.05, 0) is 39.9 Å². The van der Waals surface area contributed by atoms with Crippen LogP contribution in [0.4, 0.5) is 13.2 Å². The van der Waals surface area contributed by atoms with E-state index in [1.165, 1.54) is 18.2 Å². The molecule has 0 spiro atoms. The highest BCUT2D eigenvalue weighted by atomic mass is 19.3. The van der Waals surface area contributed by atoms with E-state index in [-0.39, 0.29) is 11.1 Å². The highest BCUT2D eigenvalue weighted by molar-refractivity contribution is 5.91. The summed E-state index contributed by atoms with van der Waals surface area (Å²) in [6, 6.07) is 5.23. The number of phenols is 1. The smallest absolute Gasteiger partial charge is 0.273 e. The average molecular weight is 282 g/mol. The summed E-state index contributed by atoms with van der Waals surface area (Å²) in [6.07, 6.45) is 0. The number of benzene rings is 2. The van der Waals surface area contributed by atoms with Crippen LogP contribution in [0, 0.1) is 5.82 Å². The molecule has 0 atom stereocenters. The number of rotatable bonds is 1. The summed E-state index contributed by atoms with van der Waals surface area (Å²) in [6.45, 7) is 6.20. The van der Waals surface area contributed by atoms with Gasteiger partial charge < -0.3 is 5.11 Å². The lowest BCUT2D eigenvalue weighted by Gasteiger charge is -2.25. The lowest BCUT2D eigenvalue weighted by atomic mass is 9.81. The van der Waals surface area contributed by atoms with Crippen molar-refractivity contribution in [3.8, 4) is 5.75 Å². The standard InChI is InChI=1S/C16H17F3O/c1-15(2,3)11-8-10(20)7-9-5-6-12(17)14(13(9)11)16(4,18)19/h5-8,20H,1-4H3. The lowest BCUT2D eigenvalue weighted by Crippen LogP contribution is -2.17. The average Bonchev–Trinajstić information content (AvgIpc) is 2.25. The van der Waals surface area contributed by atoms with Crippen molar-refractivity contribution in [3.05, 3.63) is 41.2 Å². The molecule has 2 aromatic carbocycles. The fraction of sp³-hybridized carbons (Fsp3) is 0.375. The first kappa shape index (κ1) is 14.7. The number of aromatic hydroxyl groups is 1. The number of fused-ring (bicyclic) bond motifs is 1. The third kappa shape index (κ3) is 2.47. The summed E-state index contributed by atoms with van der Waals surface area (Å²) in [7, 11) is 0. The summed E-state index contributed by atoms with van der Waals surface area (Å²) in [5, 5.41) is 10.3. The SMILES string of the molecule is CC(C)(C)c1cc(O)cc2ccc(F)c(C(C)(F)F)c12. The Hall–Kier alpha value is -1.71. The summed E-state index contributed by atoms with van der Waals surface area (Å²) in [4.78, 5) is 0. The molecule has 0 bridgehead atoms. The van der Waals surface area contributed by atoms with Crippen LogP contribution in [-0.2, 0) is 11.3 Å². The Morgan fingerprint density at radius 3 is 2.10 bits per heavy atom. The molecule has 4 heteroatoms. The van der Waals surface area contributed by atoms with E-state index in [0.29, 0.717) is 17.9 Å². The summed E-state index contributed by atoms with van der Waals surface area (Å²) < 4.78 is 41.6. The summed E-state index contributed by atoms with van der Waals surface area (Å²) in [5.74, 6) is -4.24. The minimum Gasteiger partial charge on any atom is -0.508 e. The fourth-order valence-corrected chi connectivity index (χ4v) is 2.45.